The zero-order valence-corrected chi connectivity index (χ0v) is 15.7. The van der Waals surface area contributed by atoms with Crippen LogP contribution in [0.4, 0.5) is 0 Å². The predicted octanol–water partition coefficient (Wildman–Crippen LogP) is 1.86. The summed E-state index contributed by atoms with van der Waals surface area (Å²) in [5, 5.41) is 2.75. The van der Waals surface area contributed by atoms with Gasteiger partial charge in [0, 0.05) is 6.07 Å². The van der Waals surface area contributed by atoms with Crippen molar-refractivity contribution in [3.8, 4) is 11.5 Å². The maximum atomic E-state index is 12.5. The molecule has 1 unspecified atom stereocenters. The summed E-state index contributed by atoms with van der Waals surface area (Å²) in [6.45, 7) is 1.45. The molecule has 0 bridgehead atoms. The minimum absolute atomic E-state index is 0.0651. The van der Waals surface area contributed by atoms with Crippen LogP contribution in [0.5, 0.6) is 11.5 Å². The van der Waals surface area contributed by atoms with Gasteiger partial charge in [0.15, 0.2) is 0 Å². The second-order valence-electron chi connectivity index (χ2n) is 5.54. The maximum Gasteiger partial charge on any atom is 0.244 e. The number of rotatable bonds is 8. The Morgan fingerprint density at radius 3 is 2.38 bits per heavy atom. The fraction of sp³-hybridized carbons (Fsp3) is 0.278. The van der Waals surface area contributed by atoms with Crippen LogP contribution in [0.15, 0.2) is 53.4 Å². The van der Waals surface area contributed by atoms with Crippen molar-refractivity contribution in [2.24, 2.45) is 0 Å². The third kappa shape index (κ3) is 4.96. The van der Waals surface area contributed by atoms with E-state index in [9.17, 15) is 13.2 Å². The molecule has 0 spiro atoms. The molecule has 1 atom stereocenters. The Balaban J connectivity index is 2.02. The van der Waals surface area contributed by atoms with E-state index in [-0.39, 0.29) is 23.2 Å². The molecule has 7 nitrogen and oxygen atoms in total. The van der Waals surface area contributed by atoms with Crippen LogP contribution in [-0.4, -0.2) is 35.1 Å². The van der Waals surface area contributed by atoms with E-state index in [0.717, 1.165) is 5.56 Å². The van der Waals surface area contributed by atoms with Crippen molar-refractivity contribution >= 4 is 15.9 Å². The van der Waals surface area contributed by atoms with Gasteiger partial charge in [0.2, 0.25) is 15.9 Å². The Kier molecular flexibility index (Phi) is 6.59. The number of amides is 1. The molecule has 0 aliphatic rings. The van der Waals surface area contributed by atoms with Gasteiger partial charge in [-0.25, -0.2) is 13.1 Å². The van der Waals surface area contributed by atoms with Crippen molar-refractivity contribution in [1.82, 2.24) is 10.0 Å². The predicted molar refractivity (Wildman–Crippen MR) is 97.7 cm³/mol. The number of benzene rings is 2. The van der Waals surface area contributed by atoms with Gasteiger partial charge in [0.05, 0.1) is 26.8 Å². The zero-order chi connectivity index (χ0) is 19.2. The van der Waals surface area contributed by atoms with E-state index in [4.69, 9.17) is 9.47 Å². The summed E-state index contributed by atoms with van der Waals surface area (Å²) in [5.74, 6) is 0.169. The van der Waals surface area contributed by atoms with Crippen LogP contribution in [0.25, 0.3) is 0 Å². The summed E-state index contributed by atoms with van der Waals surface area (Å²) >= 11 is 0. The molecule has 0 aliphatic carbocycles. The number of methoxy groups -OCH3 is 2. The van der Waals surface area contributed by atoms with Gasteiger partial charge >= 0.3 is 0 Å². The molecule has 8 heteroatoms. The lowest BCUT2D eigenvalue weighted by molar-refractivity contribution is -0.120. The number of hydrogen-bond donors (Lipinski definition) is 2. The molecule has 0 radical (unpaired) electrons. The first-order valence-electron chi connectivity index (χ1n) is 7.93. The molecule has 0 heterocycles. The van der Waals surface area contributed by atoms with Gasteiger partial charge in [0.1, 0.15) is 16.4 Å². The van der Waals surface area contributed by atoms with Gasteiger partial charge in [-0.1, -0.05) is 30.3 Å². The lowest BCUT2D eigenvalue weighted by Gasteiger charge is -2.15. The van der Waals surface area contributed by atoms with Gasteiger partial charge in [0.25, 0.3) is 0 Å². The Morgan fingerprint density at radius 2 is 1.77 bits per heavy atom. The first-order valence-corrected chi connectivity index (χ1v) is 9.41. The number of carbonyl (C=O) groups excluding carboxylic acids is 1. The van der Waals surface area contributed by atoms with E-state index in [1.165, 1.54) is 32.4 Å². The molecule has 0 saturated heterocycles. The van der Waals surface area contributed by atoms with E-state index in [1.54, 1.807) is 0 Å². The summed E-state index contributed by atoms with van der Waals surface area (Å²) in [5.41, 5.74) is 0.931. The molecular weight excluding hydrogens is 356 g/mol. The molecule has 2 N–H and O–H groups in total. The van der Waals surface area contributed by atoms with E-state index in [1.807, 2.05) is 37.3 Å². The van der Waals surface area contributed by atoms with Gasteiger partial charge in [-0.3, -0.25) is 4.79 Å². The first-order chi connectivity index (χ1) is 12.4. The SMILES string of the molecule is COc1ccc(S(=O)(=O)NCC(=O)NC(C)c2ccccc2)c(OC)c1. The minimum atomic E-state index is -3.91. The molecule has 0 aromatic heterocycles. The Bertz CT molecular complexity index is 853. The Hall–Kier alpha value is -2.58. The highest BCUT2D eigenvalue weighted by molar-refractivity contribution is 7.89. The summed E-state index contributed by atoms with van der Waals surface area (Å²) < 4.78 is 37.4. The molecule has 2 rings (SSSR count). The molecule has 0 saturated carbocycles. The molecule has 2 aromatic carbocycles. The van der Waals surface area contributed by atoms with E-state index in [0.29, 0.717) is 5.75 Å². The van der Waals surface area contributed by atoms with Crippen LogP contribution in [0.2, 0.25) is 0 Å². The molecule has 2 aromatic rings. The third-order valence-electron chi connectivity index (χ3n) is 3.76. The Morgan fingerprint density at radius 1 is 1.08 bits per heavy atom. The average molecular weight is 378 g/mol. The molecule has 1 amide bonds. The highest BCUT2D eigenvalue weighted by atomic mass is 32.2. The molecule has 0 fully saturated rings. The van der Waals surface area contributed by atoms with Crippen LogP contribution < -0.4 is 19.5 Å². The van der Waals surface area contributed by atoms with Crippen molar-refractivity contribution in [2.75, 3.05) is 20.8 Å². The van der Waals surface area contributed by atoms with E-state index >= 15 is 0 Å². The van der Waals surface area contributed by atoms with Crippen molar-refractivity contribution < 1.29 is 22.7 Å². The summed E-state index contributed by atoms with van der Waals surface area (Å²) in [4.78, 5) is 12.0. The molecular formula is C18H22N2O5S. The maximum absolute atomic E-state index is 12.5. The van der Waals surface area contributed by atoms with Crippen LogP contribution in [0.3, 0.4) is 0 Å². The van der Waals surface area contributed by atoms with Gasteiger partial charge in [-0.2, -0.15) is 0 Å². The van der Waals surface area contributed by atoms with Crippen molar-refractivity contribution in [3.63, 3.8) is 0 Å². The summed E-state index contributed by atoms with van der Waals surface area (Å²) in [6, 6.07) is 13.5. The summed E-state index contributed by atoms with van der Waals surface area (Å²) in [6.07, 6.45) is 0. The molecule has 0 aliphatic heterocycles. The Labute approximate surface area is 153 Å². The average Bonchev–Trinajstić information content (AvgIpc) is 2.66. The van der Waals surface area contributed by atoms with E-state index < -0.39 is 15.9 Å². The normalized spacial score (nSPS) is 12.3. The smallest absolute Gasteiger partial charge is 0.244 e. The molecule has 26 heavy (non-hydrogen) atoms. The largest absolute Gasteiger partial charge is 0.497 e. The van der Waals surface area contributed by atoms with Crippen molar-refractivity contribution in [3.05, 3.63) is 54.1 Å². The minimum Gasteiger partial charge on any atom is -0.497 e. The number of carbonyl (C=O) groups is 1. The van der Waals surface area contributed by atoms with Crippen LogP contribution in [0.1, 0.15) is 18.5 Å². The van der Waals surface area contributed by atoms with Gasteiger partial charge < -0.3 is 14.8 Å². The lowest BCUT2D eigenvalue weighted by Crippen LogP contribution is -2.38. The second kappa shape index (κ2) is 8.68. The topological polar surface area (TPSA) is 93.7 Å². The first kappa shape index (κ1) is 19.7. The molecule has 140 valence electrons. The lowest BCUT2D eigenvalue weighted by atomic mass is 10.1. The van der Waals surface area contributed by atoms with E-state index in [2.05, 4.69) is 10.0 Å². The van der Waals surface area contributed by atoms with Crippen molar-refractivity contribution in [2.45, 2.75) is 17.9 Å². The van der Waals surface area contributed by atoms with Gasteiger partial charge in [-0.15, -0.1) is 0 Å². The highest BCUT2D eigenvalue weighted by Crippen LogP contribution is 2.28. The summed E-state index contributed by atoms with van der Waals surface area (Å²) in [7, 11) is -1.08. The monoisotopic (exact) mass is 378 g/mol. The van der Waals surface area contributed by atoms with Crippen molar-refractivity contribution in [1.29, 1.82) is 0 Å². The fourth-order valence-corrected chi connectivity index (χ4v) is 3.48. The number of nitrogens with one attached hydrogen (secondary N) is 2. The second-order valence-corrected chi connectivity index (χ2v) is 7.28. The fourth-order valence-electron chi connectivity index (χ4n) is 2.35. The third-order valence-corrected chi connectivity index (χ3v) is 5.20. The number of ether oxygens (including phenoxy) is 2. The standard InChI is InChI=1S/C18H22N2O5S/c1-13(14-7-5-4-6-8-14)20-18(21)12-19-26(22,23)17-10-9-15(24-2)11-16(17)25-3/h4-11,13,19H,12H2,1-3H3,(H,20,21). The quantitative estimate of drug-likeness (QED) is 0.731. The zero-order valence-electron chi connectivity index (χ0n) is 14.9. The van der Waals surface area contributed by atoms with Crippen LogP contribution in [-0.2, 0) is 14.8 Å². The number of hydrogen-bond acceptors (Lipinski definition) is 5. The van der Waals surface area contributed by atoms with Crippen LogP contribution >= 0.6 is 0 Å². The van der Waals surface area contributed by atoms with Gasteiger partial charge in [-0.05, 0) is 24.6 Å². The van der Waals surface area contributed by atoms with Crippen LogP contribution in [0, 0.1) is 0 Å². The highest BCUT2D eigenvalue weighted by Gasteiger charge is 2.21. The number of sulfonamides is 1.